The normalized spacial score (nSPS) is 15.0. The minimum atomic E-state index is -0.956. The molecule has 0 saturated carbocycles. The van der Waals surface area contributed by atoms with Gasteiger partial charge in [-0.05, 0) is 18.6 Å². The number of esters is 1. The summed E-state index contributed by atoms with van der Waals surface area (Å²) in [6.45, 7) is 3.64. The van der Waals surface area contributed by atoms with E-state index in [1.54, 1.807) is 19.2 Å². The lowest BCUT2D eigenvalue weighted by Gasteiger charge is -2.22. The summed E-state index contributed by atoms with van der Waals surface area (Å²) < 4.78 is 4.83. The van der Waals surface area contributed by atoms with E-state index in [4.69, 9.17) is 16.3 Å². The van der Waals surface area contributed by atoms with Gasteiger partial charge in [-0.3, -0.25) is 19.9 Å². The first-order chi connectivity index (χ1) is 12.0. The van der Waals surface area contributed by atoms with Crippen molar-refractivity contribution in [2.24, 2.45) is 4.99 Å². The molecule has 0 aliphatic carbocycles. The number of ether oxygens (including phenoxy) is 1. The van der Waals surface area contributed by atoms with Crippen molar-refractivity contribution >= 4 is 35.2 Å². The molecule has 1 atom stereocenters. The largest absolute Gasteiger partial charge is 0.465 e. The number of amidine groups is 1. The molecule has 0 radical (unpaired) electrons. The van der Waals surface area contributed by atoms with Gasteiger partial charge in [0, 0.05) is 24.2 Å². The van der Waals surface area contributed by atoms with Crippen molar-refractivity contribution in [3.63, 3.8) is 0 Å². The van der Waals surface area contributed by atoms with Crippen LogP contribution < -0.4 is 0 Å². The van der Waals surface area contributed by atoms with Gasteiger partial charge >= 0.3 is 5.97 Å². The van der Waals surface area contributed by atoms with E-state index in [0.29, 0.717) is 37.2 Å². The van der Waals surface area contributed by atoms with Crippen LogP contribution in [0.1, 0.15) is 12.5 Å². The molecule has 1 aliphatic heterocycles. The SMILES string of the molecule is CCOC(=O)CSCC(C1=NCCN1Cc1ccc(Cl)nc1)[N+](=O)[O-]. The van der Waals surface area contributed by atoms with Crippen LogP contribution in [0.15, 0.2) is 23.3 Å². The van der Waals surface area contributed by atoms with E-state index in [0.717, 1.165) is 5.56 Å². The van der Waals surface area contributed by atoms with Crippen molar-refractivity contribution in [2.75, 3.05) is 31.2 Å². The lowest BCUT2D eigenvalue weighted by Crippen LogP contribution is -2.42. The Labute approximate surface area is 154 Å². The van der Waals surface area contributed by atoms with E-state index >= 15 is 0 Å². The zero-order valence-corrected chi connectivity index (χ0v) is 15.3. The number of hydrogen-bond acceptors (Lipinski definition) is 8. The number of halogens is 1. The number of carbonyl (C=O) groups excluding carboxylic acids is 1. The summed E-state index contributed by atoms with van der Waals surface area (Å²) >= 11 is 6.96. The highest BCUT2D eigenvalue weighted by Gasteiger charge is 2.34. The third-order valence-electron chi connectivity index (χ3n) is 3.48. The average molecular weight is 387 g/mol. The standard InChI is InChI=1S/C15H19ClN4O4S/c1-2-24-14(21)10-25-9-12(20(22)23)15-17-5-6-19(15)8-11-3-4-13(16)18-7-11/h3-4,7,12H,2,5-6,8-10H2,1H3. The Morgan fingerprint density at radius 1 is 1.56 bits per heavy atom. The Morgan fingerprint density at radius 2 is 2.36 bits per heavy atom. The third kappa shape index (κ3) is 5.86. The van der Waals surface area contributed by atoms with Crippen LogP contribution in [0.2, 0.25) is 5.15 Å². The molecule has 1 aliphatic rings. The fraction of sp³-hybridized carbons (Fsp3) is 0.533. The van der Waals surface area contributed by atoms with Crippen LogP contribution in [0.5, 0.6) is 0 Å². The molecule has 8 nitrogen and oxygen atoms in total. The summed E-state index contributed by atoms with van der Waals surface area (Å²) in [7, 11) is 0. The monoisotopic (exact) mass is 386 g/mol. The highest BCUT2D eigenvalue weighted by Crippen LogP contribution is 2.17. The Balaban J connectivity index is 1.97. The van der Waals surface area contributed by atoms with Gasteiger partial charge in [-0.15, -0.1) is 11.8 Å². The van der Waals surface area contributed by atoms with Gasteiger partial charge in [0.2, 0.25) is 0 Å². The molecule has 0 amide bonds. The number of nitro groups is 1. The molecule has 0 bridgehead atoms. The molecule has 10 heteroatoms. The van der Waals surface area contributed by atoms with Crippen LogP contribution in [0, 0.1) is 10.1 Å². The summed E-state index contributed by atoms with van der Waals surface area (Å²) in [5, 5.41) is 11.9. The van der Waals surface area contributed by atoms with Crippen LogP contribution in [-0.4, -0.2) is 63.9 Å². The number of aliphatic imine (C=N–C) groups is 1. The molecule has 0 aromatic carbocycles. The molecule has 25 heavy (non-hydrogen) atoms. The van der Waals surface area contributed by atoms with Gasteiger partial charge in [-0.25, -0.2) is 4.98 Å². The van der Waals surface area contributed by atoms with Gasteiger partial charge in [-0.2, -0.15) is 0 Å². The highest BCUT2D eigenvalue weighted by molar-refractivity contribution is 8.00. The number of nitrogens with zero attached hydrogens (tertiary/aromatic N) is 4. The fourth-order valence-electron chi connectivity index (χ4n) is 2.38. The van der Waals surface area contributed by atoms with E-state index in [-0.39, 0.29) is 22.4 Å². The van der Waals surface area contributed by atoms with Gasteiger partial charge in [0.25, 0.3) is 6.04 Å². The molecule has 1 aromatic heterocycles. The first-order valence-corrected chi connectivity index (χ1v) is 9.31. The number of thioether (sulfide) groups is 1. The molecule has 0 saturated heterocycles. The molecule has 1 unspecified atom stereocenters. The van der Waals surface area contributed by atoms with Gasteiger partial charge in [0.15, 0.2) is 5.84 Å². The van der Waals surface area contributed by atoms with E-state index in [1.165, 1.54) is 11.8 Å². The molecule has 2 heterocycles. The van der Waals surface area contributed by atoms with Crippen LogP contribution >= 0.6 is 23.4 Å². The highest BCUT2D eigenvalue weighted by atomic mass is 35.5. The topological polar surface area (TPSA) is 97.9 Å². The smallest absolute Gasteiger partial charge is 0.315 e. The summed E-state index contributed by atoms with van der Waals surface area (Å²) in [5.74, 6) is 0.329. The Hall–Kier alpha value is -1.87. The average Bonchev–Trinajstić information content (AvgIpc) is 3.01. The second-order valence-corrected chi connectivity index (χ2v) is 6.69. The van der Waals surface area contributed by atoms with Crippen LogP contribution in [-0.2, 0) is 16.1 Å². The van der Waals surface area contributed by atoms with E-state index in [2.05, 4.69) is 9.98 Å². The molecule has 1 aromatic rings. The number of aromatic nitrogens is 1. The number of carbonyl (C=O) groups is 1. The second-order valence-electron chi connectivity index (χ2n) is 5.27. The van der Waals surface area contributed by atoms with Crippen LogP contribution in [0.4, 0.5) is 0 Å². The van der Waals surface area contributed by atoms with Crippen molar-refractivity contribution in [3.8, 4) is 0 Å². The van der Waals surface area contributed by atoms with Crippen molar-refractivity contribution in [1.82, 2.24) is 9.88 Å². The lowest BCUT2D eigenvalue weighted by atomic mass is 10.2. The molecular weight excluding hydrogens is 368 g/mol. The Kier molecular flexibility index (Phi) is 7.45. The van der Waals surface area contributed by atoms with E-state index < -0.39 is 6.04 Å². The predicted molar refractivity (Wildman–Crippen MR) is 96.7 cm³/mol. The van der Waals surface area contributed by atoms with Gasteiger partial charge < -0.3 is 9.64 Å². The van der Waals surface area contributed by atoms with Gasteiger partial charge in [-0.1, -0.05) is 17.7 Å². The third-order valence-corrected chi connectivity index (χ3v) is 4.70. The minimum Gasteiger partial charge on any atom is -0.465 e. The van der Waals surface area contributed by atoms with E-state index in [9.17, 15) is 14.9 Å². The van der Waals surface area contributed by atoms with Crippen LogP contribution in [0.25, 0.3) is 0 Å². The summed E-state index contributed by atoms with van der Waals surface area (Å²) in [6.07, 6.45) is 1.65. The minimum absolute atomic E-state index is 0.0898. The quantitative estimate of drug-likeness (QED) is 0.276. The van der Waals surface area contributed by atoms with Crippen molar-refractivity contribution in [3.05, 3.63) is 39.2 Å². The maximum atomic E-state index is 11.5. The van der Waals surface area contributed by atoms with Crippen molar-refractivity contribution in [1.29, 1.82) is 0 Å². The number of hydrogen-bond donors (Lipinski definition) is 0. The molecular formula is C15H19ClN4O4S. The molecule has 0 fully saturated rings. The maximum absolute atomic E-state index is 11.5. The number of rotatable bonds is 9. The summed E-state index contributed by atoms with van der Waals surface area (Å²) in [5.41, 5.74) is 0.903. The van der Waals surface area contributed by atoms with Crippen LogP contribution in [0.3, 0.4) is 0 Å². The molecule has 0 N–H and O–H groups in total. The van der Waals surface area contributed by atoms with Gasteiger partial charge in [0.05, 0.1) is 24.7 Å². The Morgan fingerprint density at radius 3 is 3.00 bits per heavy atom. The predicted octanol–water partition coefficient (Wildman–Crippen LogP) is 1.89. The second kappa shape index (κ2) is 9.57. The van der Waals surface area contributed by atoms with E-state index in [1.807, 2.05) is 11.0 Å². The Bertz CT molecular complexity index is 641. The maximum Gasteiger partial charge on any atom is 0.315 e. The molecule has 2 rings (SSSR count). The first kappa shape index (κ1) is 19.5. The summed E-state index contributed by atoms with van der Waals surface area (Å²) in [6, 6.07) is 2.56. The number of pyridine rings is 1. The molecule has 136 valence electrons. The molecule has 0 spiro atoms. The lowest BCUT2D eigenvalue weighted by molar-refractivity contribution is -0.498. The fourth-order valence-corrected chi connectivity index (χ4v) is 3.36. The summed E-state index contributed by atoms with van der Waals surface area (Å²) in [4.78, 5) is 32.7. The zero-order valence-electron chi connectivity index (χ0n) is 13.8. The van der Waals surface area contributed by atoms with Crippen molar-refractivity contribution < 1.29 is 14.5 Å². The van der Waals surface area contributed by atoms with Gasteiger partial charge in [0.1, 0.15) is 5.15 Å². The first-order valence-electron chi connectivity index (χ1n) is 7.77. The zero-order chi connectivity index (χ0) is 18.2. The van der Waals surface area contributed by atoms with Crippen molar-refractivity contribution in [2.45, 2.75) is 19.5 Å².